The molecule has 2 rings (SSSR count). The van der Waals surface area contributed by atoms with Crippen LogP contribution in [0.2, 0.25) is 0 Å². The lowest BCUT2D eigenvalue weighted by Crippen LogP contribution is -2.25. The number of phenols is 1. The van der Waals surface area contributed by atoms with Crippen molar-refractivity contribution in [2.75, 3.05) is 20.8 Å². The Morgan fingerprint density at radius 2 is 2.33 bits per heavy atom. The Kier molecular flexibility index (Phi) is 4.14. The molecule has 2 atom stereocenters. The minimum atomic E-state index is 0.0195. The topological polar surface area (TPSA) is 78.4 Å². The van der Waals surface area contributed by atoms with Crippen LogP contribution >= 0.6 is 0 Å². The predicted octanol–water partition coefficient (Wildman–Crippen LogP) is 0.269. The number of nitrogens with zero attached hydrogens (tertiary/aromatic N) is 1. The van der Waals surface area contributed by atoms with Crippen molar-refractivity contribution in [3.05, 3.63) is 23.8 Å². The lowest BCUT2D eigenvalue weighted by Gasteiger charge is -2.04. The van der Waals surface area contributed by atoms with Gasteiger partial charge >= 0.3 is 0 Å². The highest BCUT2D eigenvalue weighted by Gasteiger charge is 2.36. The van der Waals surface area contributed by atoms with Crippen molar-refractivity contribution in [3.63, 3.8) is 0 Å². The van der Waals surface area contributed by atoms with Gasteiger partial charge in [-0.1, -0.05) is 6.07 Å². The molecule has 1 aromatic carbocycles. The van der Waals surface area contributed by atoms with E-state index in [1.165, 1.54) is 7.11 Å². The monoisotopic (exact) mass is 251 g/mol. The fourth-order valence-electron chi connectivity index (χ4n) is 1.58. The normalized spacial score (nSPS) is 22.3. The van der Waals surface area contributed by atoms with E-state index in [0.29, 0.717) is 18.0 Å². The third kappa shape index (κ3) is 2.98. The lowest BCUT2D eigenvalue weighted by atomic mass is 10.2. The first-order chi connectivity index (χ1) is 8.76. The molecule has 1 aliphatic rings. The summed E-state index contributed by atoms with van der Waals surface area (Å²) in [6.45, 7) is 0.430. The number of aromatic hydroxyl groups is 1. The zero-order valence-electron chi connectivity index (χ0n) is 10.4. The van der Waals surface area contributed by atoms with Crippen LogP contribution in [0, 0.1) is 0 Å². The van der Waals surface area contributed by atoms with Gasteiger partial charge in [0.05, 0.1) is 13.8 Å². The molecule has 0 aliphatic carbocycles. The number of phenolic OH excluding ortho intramolecular Hbond substituents is 1. The minimum Gasteiger partial charge on any atom is -0.504 e. The molecule has 0 bridgehead atoms. The third-order valence-corrected chi connectivity index (χ3v) is 2.64. The number of benzene rings is 1. The Labute approximate surface area is 106 Å². The average Bonchev–Trinajstić information content (AvgIpc) is 3.15. The van der Waals surface area contributed by atoms with Crippen molar-refractivity contribution >= 4 is 6.21 Å². The summed E-state index contributed by atoms with van der Waals surface area (Å²) in [7, 11) is 3.35. The van der Waals surface area contributed by atoms with Crippen LogP contribution in [-0.4, -0.2) is 44.6 Å². The molecule has 6 heteroatoms. The first-order valence-corrected chi connectivity index (χ1v) is 5.68. The molecule has 6 nitrogen and oxygen atoms in total. The second kappa shape index (κ2) is 5.81. The van der Waals surface area contributed by atoms with Gasteiger partial charge in [-0.2, -0.15) is 0 Å². The van der Waals surface area contributed by atoms with Crippen LogP contribution in [0.5, 0.6) is 11.5 Å². The molecule has 18 heavy (non-hydrogen) atoms. The van der Waals surface area contributed by atoms with E-state index in [0.717, 1.165) is 0 Å². The molecule has 1 saturated heterocycles. The van der Waals surface area contributed by atoms with Gasteiger partial charge < -0.3 is 14.6 Å². The van der Waals surface area contributed by atoms with Crippen LogP contribution in [0.3, 0.4) is 0 Å². The van der Waals surface area contributed by atoms with Crippen LogP contribution in [0.1, 0.15) is 5.56 Å². The molecule has 0 spiro atoms. The van der Waals surface area contributed by atoms with Crippen molar-refractivity contribution < 1.29 is 14.6 Å². The van der Waals surface area contributed by atoms with Crippen LogP contribution < -0.4 is 15.4 Å². The molecule has 2 unspecified atom stereocenters. The van der Waals surface area contributed by atoms with E-state index in [-0.39, 0.29) is 18.2 Å². The fraction of sp³-hybridized carbons (Fsp3) is 0.417. The number of para-hydroxylation sites is 1. The summed E-state index contributed by atoms with van der Waals surface area (Å²) in [6, 6.07) is 5.26. The standard InChI is InChI=1S/C12H17N3O3/c1-13-11-12(18-11)15-7-14-6-8-4-3-5-9(17-2)10(8)16/h3-6,11-13,15-16H,7H2,1-2H3/b14-6+. The van der Waals surface area contributed by atoms with E-state index in [9.17, 15) is 5.11 Å². The molecule has 3 N–H and O–H groups in total. The highest BCUT2D eigenvalue weighted by molar-refractivity contribution is 5.84. The van der Waals surface area contributed by atoms with Crippen molar-refractivity contribution in [3.8, 4) is 11.5 Å². The Morgan fingerprint density at radius 3 is 3.00 bits per heavy atom. The van der Waals surface area contributed by atoms with E-state index in [1.54, 1.807) is 24.4 Å². The number of nitrogens with one attached hydrogen (secondary N) is 2. The van der Waals surface area contributed by atoms with Gasteiger partial charge in [-0.25, -0.2) is 0 Å². The molecule has 0 amide bonds. The summed E-state index contributed by atoms with van der Waals surface area (Å²) in [5, 5.41) is 15.9. The van der Waals surface area contributed by atoms with E-state index in [1.807, 2.05) is 7.05 Å². The zero-order chi connectivity index (χ0) is 13.0. The Hall–Kier alpha value is -1.63. The van der Waals surface area contributed by atoms with Crippen molar-refractivity contribution in [1.82, 2.24) is 10.6 Å². The Balaban J connectivity index is 1.85. The van der Waals surface area contributed by atoms with Gasteiger partial charge in [0, 0.05) is 11.8 Å². The fourth-order valence-corrected chi connectivity index (χ4v) is 1.58. The van der Waals surface area contributed by atoms with Gasteiger partial charge in [0.1, 0.15) is 6.23 Å². The summed E-state index contributed by atoms with van der Waals surface area (Å²) in [6.07, 6.45) is 1.69. The highest BCUT2D eigenvalue weighted by atomic mass is 16.6. The highest BCUT2D eigenvalue weighted by Crippen LogP contribution is 2.27. The first-order valence-electron chi connectivity index (χ1n) is 5.68. The van der Waals surface area contributed by atoms with Crippen molar-refractivity contribution in [2.45, 2.75) is 12.5 Å². The SMILES string of the molecule is CNC1OC1NC/N=C/c1cccc(OC)c1O. The van der Waals surface area contributed by atoms with Crippen molar-refractivity contribution in [1.29, 1.82) is 0 Å². The summed E-state index contributed by atoms with van der Waals surface area (Å²) in [4.78, 5) is 4.17. The number of methoxy groups -OCH3 is 1. The smallest absolute Gasteiger partial charge is 0.166 e. The number of hydrogen-bond acceptors (Lipinski definition) is 6. The molecule has 0 aromatic heterocycles. The first kappa shape index (κ1) is 12.8. The molecule has 1 aliphatic heterocycles. The molecule has 0 radical (unpaired) electrons. The molecule has 1 fully saturated rings. The van der Waals surface area contributed by atoms with E-state index in [2.05, 4.69) is 15.6 Å². The Morgan fingerprint density at radius 1 is 1.50 bits per heavy atom. The zero-order valence-corrected chi connectivity index (χ0v) is 10.4. The van der Waals surface area contributed by atoms with Gasteiger partial charge in [-0.3, -0.25) is 15.6 Å². The lowest BCUT2D eigenvalue weighted by molar-refractivity contribution is 0.335. The summed E-state index contributed by atoms with van der Waals surface area (Å²) in [5.74, 6) is 0.534. The van der Waals surface area contributed by atoms with Crippen LogP contribution in [0.4, 0.5) is 0 Å². The second-order valence-corrected chi connectivity index (χ2v) is 3.84. The number of ether oxygens (including phenoxy) is 2. The second-order valence-electron chi connectivity index (χ2n) is 3.84. The number of rotatable bonds is 6. The van der Waals surface area contributed by atoms with Gasteiger partial charge in [-0.05, 0) is 19.2 Å². The van der Waals surface area contributed by atoms with E-state index in [4.69, 9.17) is 9.47 Å². The minimum absolute atomic E-state index is 0.0195. The summed E-state index contributed by atoms with van der Waals surface area (Å²) in [5.41, 5.74) is 0.623. The van der Waals surface area contributed by atoms with Gasteiger partial charge in [0.15, 0.2) is 17.7 Å². The maximum atomic E-state index is 9.82. The van der Waals surface area contributed by atoms with Crippen LogP contribution in [0.25, 0.3) is 0 Å². The van der Waals surface area contributed by atoms with Crippen molar-refractivity contribution in [2.24, 2.45) is 4.99 Å². The van der Waals surface area contributed by atoms with Crippen LogP contribution in [0.15, 0.2) is 23.2 Å². The summed E-state index contributed by atoms with van der Waals surface area (Å²) < 4.78 is 10.2. The van der Waals surface area contributed by atoms with Gasteiger partial charge in [-0.15, -0.1) is 0 Å². The molecular formula is C12H17N3O3. The molecule has 1 aromatic rings. The van der Waals surface area contributed by atoms with E-state index >= 15 is 0 Å². The van der Waals surface area contributed by atoms with E-state index < -0.39 is 0 Å². The quantitative estimate of drug-likeness (QED) is 0.499. The molecule has 98 valence electrons. The van der Waals surface area contributed by atoms with Gasteiger partial charge in [0.25, 0.3) is 0 Å². The number of hydrogen-bond donors (Lipinski definition) is 3. The average molecular weight is 251 g/mol. The predicted molar refractivity (Wildman–Crippen MR) is 68.0 cm³/mol. The maximum absolute atomic E-state index is 9.82. The molecular weight excluding hydrogens is 234 g/mol. The largest absolute Gasteiger partial charge is 0.504 e. The number of epoxide rings is 1. The molecule has 0 saturated carbocycles. The number of aliphatic imine (C=N–C) groups is 1. The number of likely N-dealkylation sites (N-methyl/N-ethyl adjacent to an activating group) is 1. The Bertz CT molecular complexity index is 437. The van der Waals surface area contributed by atoms with Crippen LogP contribution in [-0.2, 0) is 4.74 Å². The van der Waals surface area contributed by atoms with Gasteiger partial charge in [0.2, 0.25) is 0 Å². The molecule has 1 heterocycles. The maximum Gasteiger partial charge on any atom is 0.166 e. The third-order valence-electron chi connectivity index (χ3n) is 2.64. The summed E-state index contributed by atoms with van der Waals surface area (Å²) >= 11 is 0.